The first-order chi connectivity index (χ1) is 13.4. The van der Waals surface area contributed by atoms with Gasteiger partial charge in [-0.15, -0.1) is 4.83 Å². The molecular weight excluding hydrogens is 380 g/mol. The third-order valence-electron chi connectivity index (χ3n) is 3.96. The van der Waals surface area contributed by atoms with Crippen LogP contribution in [0.1, 0.15) is 42.6 Å². The molecule has 2 aromatic carbocycles. The molecule has 0 fully saturated rings. The number of nitrogens with one attached hydrogen (secondary N) is 2. The predicted molar refractivity (Wildman–Crippen MR) is 107 cm³/mol. The van der Waals surface area contributed by atoms with Crippen molar-refractivity contribution in [1.82, 2.24) is 10.3 Å². The van der Waals surface area contributed by atoms with E-state index < -0.39 is 15.9 Å². The summed E-state index contributed by atoms with van der Waals surface area (Å²) in [5.74, 6) is 0.315. The Labute approximate surface area is 166 Å². The number of benzene rings is 2. The fourth-order valence-corrected chi connectivity index (χ4v) is 3.35. The summed E-state index contributed by atoms with van der Waals surface area (Å²) in [5.41, 5.74) is 3.51. The zero-order chi connectivity index (χ0) is 20.6. The van der Waals surface area contributed by atoms with Crippen LogP contribution in [0.2, 0.25) is 0 Å². The summed E-state index contributed by atoms with van der Waals surface area (Å²) in [7, 11) is -2.40. The highest BCUT2D eigenvalue weighted by molar-refractivity contribution is 7.89. The average molecular weight is 407 g/mol. The molecule has 0 spiro atoms. The normalized spacial score (nSPS) is 11.1. The fraction of sp³-hybridized carbons (Fsp3) is 0.350. The number of hydrogen-bond acceptors (Lipinski definition) is 5. The molecule has 2 rings (SSSR count). The standard InChI is InChI=1S/C20H26N2O5S/c1-4-6-15-7-10-17(11-8-15)28(24,25)22-21-20(23)16-9-12-18(27-13-5-2)19(14-16)26-3/h7-12,14,22H,4-6,13H2,1-3H3,(H,21,23). The molecule has 0 aliphatic heterocycles. The third-order valence-corrected chi connectivity index (χ3v) is 5.22. The van der Waals surface area contributed by atoms with Gasteiger partial charge in [-0.3, -0.25) is 10.2 Å². The predicted octanol–water partition coefficient (Wildman–Crippen LogP) is 3.06. The van der Waals surface area contributed by atoms with Gasteiger partial charge in [0.2, 0.25) is 0 Å². The third kappa shape index (κ3) is 5.71. The number of hydrazine groups is 1. The van der Waals surface area contributed by atoms with E-state index in [4.69, 9.17) is 9.47 Å². The second-order valence-electron chi connectivity index (χ2n) is 6.17. The van der Waals surface area contributed by atoms with Crippen LogP contribution in [-0.2, 0) is 16.4 Å². The smallest absolute Gasteiger partial charge is 0.266 e. The molecule has 152 valence electrons. The minimum absolute atomic E-state index is 0.0774. The van der Waals surface area contributed by atoms with Gasteiger partial charge in [-0.1, -0.05) is 32.4 Å². The topological polar surface area (TPSA) is 93.7 Å². The van der Waals surface area contributed by atoms with Crippen LogP contribution in [0.15, 0.2) is 47.4 Å². The molecule has 0 heterocycles. The van der Waals surface area contributed by atoms with Crippen molar-refractivity contribution < 1.29 is 22.7 Å². The zero-order valence-corrected chi connectivity index (χ0v) is 17.1. The minimum atomic E-state index is -3.87. The van der Waals surface area contributed by atoms with Gasteiger partial charge in [0.25, 0.3) is 15.9 Å². The molecule has 2 N–H and O–H groups in total. The number of carbonyl (C=O) groups is 1. The zero-order valence-electron chi connectivity index (χ0n) is 16.3. The van der Waals surface area contributed by atoms with Crippen LogP contribution >= 0.6 is 0 Å². The molecule has 0 radical (unpaired) electrons. The van der Waals surface area contributed by atoms with Crippen molar-refractivity contribution in [3.05, 3.63) is 53.6 Å². The maximum atomic E-state index is 12.4. The molecule has 0 bridgehead atoms. The molecule has 0 unspecified atom stereocenters. The molecule has 1 amide bonds. The van der Waals surface area contributed by atoms with Crippen molar-refractivity contribution in [3.8, 4) is 11.5 Å². The summed E-state index contributed by atoms with van der Waals surface area (Å²) < 4.78 is 35.5. The van der Waals surface area contributed by atoms with E-state index in [9.17, 15) is 13.2 Å². The fourth-order valence-electron chi connectivity index (χ4n) is 2.51. The largest absolute Gasteiger partial charge is 0.493 e. The number of aryl methyl sites for hydroxylation is 1. The molecular formula is C20H26N2O5S. The monoisotopic (exact) mass is 406 g/mol. The van der Waals surface area contributed by atoms with Crippen LogP contribution in [0.25, 0.3) is 0 Å². The summed E-state index contributed by atoms with van der Waals surface area (Å²) in [4.78, 5) is 14.5. The van der Waals surface area contributed by atoms with Gasteiger partial charge in [0.15, 0.2) is 11.5 Å². The second kappa shape index (κ2) is 10.1. The number of rotatable bonds is 10. The summed E-state index contributed by atoms with van der Waals surface area (Å²) in [5, 5.41) is 0. The van der Waals surface area contributed by atoms with Crippen molar-refractivity contribution in [2.24, 2.45) is 0 Å². The summed E-state index contributed by atoms with van der Waals surface area (Å²) in [6, 6.07) is 11.2. The number of carbonyl (C=O) groups excluding carboxylic acids is 1. The van der Waals surface area contributed by atoms with Crippen LogP contribution in [0, 0.1) is 0 Å². The van der Waals surface area contributed by atoms with Crippen LogP contribution in [0.3, 0.4) is 0 Å². The number of hydrogen-bond donors (Lipinski definition) is 2. The van der Waals surface area contributed by atoms with Crippen molar-refractivity contribution >= 4 is 15.9 Å². The lowest BCUT2D eigenvalue weighted by Gasteiger charge is -2.12. The highest BCUT2D eigenvalue weighted by atomic mass is 32.2. The Morgan fingerprint density at radius 3 is 2.32 bits per heavy atom. The van der Waals surface area contributed by atoms with E-state index in [0.717, 1.165) is 24.8 Å². The summed E-state index contributed by atoms with van der Waals surface area (Å²) >= 11 is 0. The first kappa shape index (κ1) is 21.7. The first-order valence-corrected chi connectivity index (χ1v) is 10.6. The molecule has 0 aliphatic carbocycles. The van der Waals surface area contributed by atoms with Crippen molar-refractivity contribution in [2.75, 3.05) is 13.7 Å². The molecule has 0 atom stereocenters. The molecule has 0 aliphatic rings. The summed E-state index contributed by atoms with van der Waals surface area (Å²) in [6.45, 7) is 4.57. The van der Waals surface area contributed by atoms with Crippen molar-refractivity contribution in [3.63, 3.8) is 0 Å². The van der Waals surface area contributed by atoms with E-state index in [2.05, 4.69) is 17.2 Å². The molecule has 28 heavy (non-hydrogen) atoms. The van der Waals surface area contributed by atoms with Crippen LogP contribution < -0.4 is 19.7 Å². The van der Waals surface area contributed by atoms with E-state index in [-0.39, 0.29) is 10.5 Å². The number of sulfonamides is 1. The van der Waals surface area contributed by atoms with E-state index in [1.807, 2.05) is 6.92 Å². The van der Waals surface area contributed by atoms with E-state index >= 15 is 0 Å². The van der Waals surface area contributed by atoms with E-state index in [0.29, 0.717) is 18.1 Å². The van der Waals surface area contributed by atoms with Gasteiger partial charge in [0, 0.05) is 5.56 Å². The van der Waals surface area contributed by atoms with Crippen molar-refractivity contribution in [2.45, 2.75) is 38.0 Å². The Hall–Kier alpha value is -2.58. The highest BCUT2D eigenvalue weighted by Crippen LogP contribution is 2.28. The van der Waals surface area contributed by atoms with Crippen LogP contribution in [0.5, 0.6) is 11.5 Å². The molecule has 0 saturated heterocycles. The lowest BCUT2D eigenvalue weighted by molar-refractivity contribution is 0.0944. The molecule has 0 aromatic heterocycles. The van der Waals surface area contributed by atoms with Gasteiger partial charge in [-0.2, -0.15) is 0 Å². The van der Waals surface area contributed by atoms with Gasteiger partial charge >= 0.3 is 0 Å². The maximum absolute atomic E-state index is 12.4. The number of amides is 1. The van der Waals surface area contributed by atoms with Gasteiger partial charge in [-0.25, -0.2) is 8.42 Å². The van der Waals surface area contributed by atoms with E-state index in [1.165, 1.54) is 31.4 Å². The minimum Gasteiger partial charge on any atom is -0.493 e. The Morgan fingerprint density at radius 1 is 1.00 bits per heavy atom. The lowest BCUT2D eigenvalue weighted by Crippen LogP contribution is -2.41. The number of ether oxygens (including phenoxy) is 2. The van der Waals surface area contributed by atoms with Gasteiger partial charge in [0.05, 0.1) is 18.6 Å². The van der Waals surface area contributed by atoms with Gasteiger partial charge < -0.3 is 9.47 Å². The Kier molecular flexibility index (Phi) is 7.83. The Morgan fingerprint density at radius 2 is 1.71 bits per heavy atom. The van der Waals surface area contributed by atoms with Crippen LogP contribution in [0.4, 0.5) is 0 Å². The van der Waals surface area contributed by atoms with E-state index in [1.54, 1.807) is 18.2 Å². The molecule has 0 saturated carbocycles. The quantitative estimate of drug-likeness (QED) is 0.592. The summed E-state index contributed by atoms with van der Waals surface area (Å²) in [6.07, 6.45) is 2.70. The second-order valence-corrected chi connectivity index (χ2v) is 7.85. The number of methoxy groups -OCH3 is 1. The first-order valence-electron chi connectivity index (χ1n) is 9.13. The van der Waals surface area contributed by atoms with Gasteiger partial charge in [0.1, 0.15) is 0 Å². The highest BCUT2D eigenvalue weighted by Gasteiger charge is 2.17. The SMILES string of the molecule is CCCOc1ccc(C(=O)NNS(=O)(=O)c2ccc(CCC)cc2)cc1OC. The molecule has 8 heteroatoms. The lowest BCUT2D eigenvalue weighted by atomic mass is 10.1. The Balaban J connectivity index is 2.06. The molecule has 2 aromatic rings. The van der Waals surface area contributed by atoms with Crippen LogP contribution in [-0.4, -0.2) is 28.0 Å². The van der Waals surface area contributed by atoms with Crippen molar-refractivity contribution in [1.29, 1.82) is 0 Å². The maximum Gasteiger partial charge on any atom is 0.266 e. The average Bonchev–Trinajstić information content (AvgIpc) is 2.71. The molecule has 7 nitrogen and oxygen atoms in total. The van der Waals surface area contributed by atoms with Gasteiger partial charge in [-0.05, 0) is 48.7 Å². The Bertz CT molecular complexity index is 895.